The first-order valence-corrected chi connectivity index (χ1v) is 11.8. The van der Waals surface area contributed by atoms with Crippen LogP contribution in [0, 0.1) is 12.4 Å². The number of halogens is 3. The molecule has 0 aliphatic rings. The number of carbonyl (C=O) groups excluding carboxylic acids is 1. The zero-order valence-corrected chi connectivity index (χ0v) is 21.4. The molecule has 3 N–H and O–H groups in total. The van der Waals surface area contributed by atoms with Crippen LogP contribution in [0.2, 0.25) is 0 Å². The highest BCUT2D eigenvalue weighted by Crippen LogP contribution is 2.30. The molecule has 0 radical (unpaired) electrons. The predicted molar refractivity (Wildman–Crippen MR) is 142 cm³/mol. The molecule has 0 saturated heterocycles. The summed E-state index contributed by atoms with van der Waals surface area (Å²) in [5, 5.41) is 3.22. The fraction of sp³-hybridized carbons (Fsp3) is 0.286. The van der Waals surface area contributed by atoms with Gasteiger partial charge in [-0.2, -0.15) is 8.78 Å². The number of nitrogens with one attached hydrogen (secondary N) is 1. The third-order valence-electron chi connectivity index (χ3n) is 5.82. The number of benzene rings is 3. The highest BCUT2D eigenvalue weighted by atomic mass is 19.3. The molecule has 1 amide bonds. The van der Waals surface area contributed by atoms with Gasteiger partial charge in [-0.25, -0.2) is 9.24 Å². The molecule has 3 aromatic carbocycles. The molecule has 7 nitrogen and oxygen atoms in total. The summed E-state index contributed by atoms with van der Waals surface area (Å²) in [5.41, 5.74) is 8.55. The average Bonchev–Trinajstić information content (AvgIpc) is 2.88. The standard InChI is InChI=1S/C28H30F3N5O2/c1-33-22-8-10-23(11-9-22)34-25(19-7-5-6-18(14-19)12-13-35(2)3)27(37)36(4)17-20-15-21(32)16-24(29)26(20)38-28(30)31/h5-11,14-16,25,28,34H,12-13,17,32H2,2-4H3/t25-/m1/s1. The van der Waals surface area contributed by atoms with Gasteiger partial charge in [0.15, 0.2) is 17.3 Å². The van der Waals surface area contributed by atoms with Crippen LogP contribution in [0.3, 0.4) is 0 Å². The van der Waals surface area contributed by atoms with Crippen LogP contribution < -0.4 is 15.8 Å². The highest BCUT2D eigenvalue weighted by molar-refractivity contribution is 5.86. The quantitative estimate of drug-likeness (QED) is 0.256. The molecule has 0 aliphatic carbocycles. The molecule has 0 aromatic heterocycles. The number of carbonyl (C=O) groups is 1. The van der Waals surface area contributed by atoms with E-state index in [9.17, 15) is 18.0 Å². The Bertz CT molecular complexity index is 1290. The van der Waals surface area contributed by atoms with Gasteiger partial charge in [0.05, 0.1) is 6.57 Å². The Hall–Kier alpha value is -4.23. The summed E-state index contributed by atoms with van der Waals surface area (Å²) in [4.78, 5) is 20.5. The van der Waals surface area contributed by atoms with E-state index in [1.165, 1.54) is 18.0 Å². The van der Waals surface area contributed by atoms with Gasteiger partial charge in [-0.15, -0.1) is 0 Å². The molecular weight excluding hydrogens is 495 g/mol. The smallest absolute Gasteiger partial charge is 0.387 e. The van der Waals surface area contributed by atoms with Crippen molar-refractivity contribution in [3.63, 3.8) is 0 Å². The lowest BCUT2D eigenvalue weighted by Gasteiger charge is -2.27. The number of rotatable bonds is 11. The molecule has 10 heteroatoms. The van der Waals surface area contributed by atoms with Gasteiger partial charge in [-0.1, -0.05) is 36.4 Å². The number of hydrogen-bond donors (Lipinski definition) is 2. The van der Waals surface area contributed by atoms with E-state index in [1.54, 1.807) is 24.3 Å². The van der Waals surface area contributed by atoms with Crippen molar-refractivity contribution in [3.8, 4) is 5.75 Å². The van der Waals surface area contributed by atoms with Crippen LogP contribution in [0.4, 0.5) is 30.2 Å². The first kappa shape index (κ1) is 28.3. The molecule has 0 spiro atoms. The largest absolute Gasteiger partial charge is 0.431 e. The first-order chi connectivity index (χ1) is 18.1. The number of anilines is 2. The molecule has 0 aliphatic heterocycles. The fourth-order valence-electron chi connectivity index (χ4n) is 3.93. The Morgan fingerprint density at radius 1 is 1.11 bits per heavy atom. The third kappa shape index (κ3) is 7.63. The molecule has 0 fully saturated rings. The van der Waals surface area contributed by atoms with Crippen molar-refractivity contribution in [2.24, 2.45) is 0 Å². The van der Waals surface area contributed by atoms with E-state index < -0.39 is 30.1 Å². The summed E-state index contributed by atoms with van der Waals surface area (Å²) in [6, 6.07) is 15.6. The van der Waals surface area contributed by atoms with Gasteiger partial charge in [-0.05, 0) is 49.8 Å². The number of nitrogen functional groups attached to an aromatic ring is 1. The number of hydrogen-bond acceptors (Lipinski definition) is 5. The minimum atomic E-state index is -3.24. The van der Waals surface area contributed by atoms with E-state index in [-0.39, 0.29) is 17.8 Å². The molecule has 3 aromatic rings. The molecule has 0 unspecified atom stereocenters. The summed E-state index contributed by atoms with van der Waals surface area (Å²) in [6.07, 6.45) is 0.772. The lowest BCUT2D eigenvalue weighted by Crippen LogP contribution is -2.35. The van der Waals surface area contributed by atoms with Crippen molar-refractivity contribution in [1.82, 2.24) is 9.80 Å². The minimum Gasteiger partial charge on any atom is -0.431 e. The van der Waals surface area contributed by atoms with Crippen molar-refractivity contribution in [2.45, 2.75) is 25.6 Å². The highest BCUT2D eigenvalue weighted by Gasteiger charge is 2.26. The van der Waals surface area contributed by atoms with Crippen molar-refractivity contribution in [3.05, 3.63) is 94.6 Å². The Kier molecular flexibility index (Phi) is 9.57. The van der Waals surface area contributed by atoms with Crippen LogP contribution in [0.25, 0.3) is 4.85 Å². The molecule has 1 atom stereocenters. The Morgan fingerprint density at radius 2 is 1.82 bits per heavy atom. The van der Waals surface area contributed by atoms with E-state index in [0.717, 1.165) is 24.6 Å². The van der Waals surface area contributed by atoms with Gasteiger partial charge < -0.3 is 25.6 Å². The summed E-state index contributed by atoms with van der Waals surface area (Å²) in [5.74, 6) is -2.09. The second-order valence-electron chi connectivity index (χ2n) is 9.10. The van der Waals surface area contributed by atoms with E-state index in [0.29, 0.717) is 16.9 Å². The maximum absolute atomic E-state index is 14.4. The van der Waals surface area contributed by atoms with Crippen molar-refractivity contribution >= 4 is 23.0 Å². The van der Waals surface area contributed by atoms with Gasteiger partial charge in [0.2, 0.25) is 5.91 Å². The Morgan fingerprint density at radius 3 is 2.45 bits per heavy atom. The maximum atomic E-state index is 14.4. The van der Waals surface area contributed by atoms with Gasteiger partial charge in [0.1, 0.15) is 6.04 Å². The van der Waals surface area contributed by atoms with E-state index in [4.69, 9.17) is 12.3 Å². The lowest BCUT2D eigenvalue weighted by atomic mass is 10.0. The topological polar surface area (TPSA) is 75.2 Å². The normalized spacial score (nSPS) is 11.8. The van der Waals surface area contributed by atoms with Crippen LogP contribution in [-0.2, 0) is 17.8 Å². The average molecular weight is 526 g/mol. The number of nitrogens with zero attached hydrogens (tertiary/aromatic N) is 3. The molecule has 0 bridgehead atoms. The van der Waals surface area contributed by atoms with Crippen LogP contribution in [0.1, 0.15) is 22.7 Å². The second-order valence-corrected chi connectivity index (χ2v) is 9.10. The molecule has 200 valence electrons. The SMILES string of the molecule is [C-]#[N+]c1ccc(N[C@@H](C(=O)N(C)Cc2cc(N)cc(F)c2OC(F)F)c2cccc(CCN(C)C)c2)cc1. The van der Waals surface area contributed by atoms with E-state index in [1.807, 2.05) is 38.4 Å². The van der Waals surface area contributed by atoms with Crippen LogP contribution >= 0.6 is 0 Å². The molecule has 0 saturated carbocycles. The van der Waals surface area contributed by atoms with Crippen LogP contribution in [0.15, 0.2) is 60.7 Å². The minimum absolute atomic E-state index is 0.0125. The molecule has 38 heavy (non-hydrogen) atoms. The van der Waals surface area contributed by atoms with Crippen LogP contribution in [0.5, 0.6) is 5.75 Å². The summed E-state index contributed by atoms with van der Waals surface area (Å²) in [6.45, 7) is 4.50. The van der Waals surface area contributed by atoms with Gasteiger partial charge in [0, 0.05) is 43.1 Å². The van der Waals surface area contributed by atoms with Crippen molar-refractivity contribution in [2.75, 3.05) is 38.7 Å². The predicted octanol–water partition coefficient (Wildman–Crippen LogP) is 5.48. The van der Waals surface area contributed by atoms with E-state index in [2.05, 4.69) is 19.8 Å². The number of ether oxygens (including phenoxy) is 1. The number of amides is 1. The first-order valence-electron chi connectivity index (χ1n) is 11.8. The Labute approximate surface area is 220 Å². The Balaban J connectivity index is 1.94. The molecule has 0 heterocycles. The molecule has 3 rings (SSSR count). The molecular formula is C28H30F3N5O2. The lowest BCUT2D eigenvalue weighted by molar-refractivity contribution is -0.131. The van der Waals surface area contributed by atoms with Crippen molar-refractivity contribution in [1.29, 1.82) is 0 Å². The fourth-order valence-corrected chi connectivity index (χ4v) is 3.93. The van der Waals surface area contributed by atoms with Crippen molar-refractivity contribution < 1.29 is 22.7 Å². The third-order valence-corrected chi connectivity index (χ3v) is 5.82. The summed E-state index contributed by atoms with van der Waals surface area (Å²) < 4.78 is 44.7. The van der Waals surface area contributed by atoms with Crippen LogP contribution in [-0.4, -0.2) is 50.0 Å². The zero-order chi connectivity index (χ0) is 27.8. The monoisotopic (exact) mass is 525 g/mol. The van der Waals surface area contributed by atoms with E-state index >= 15 is 0 Å². The van der Waals surface area contributed by atoms with Gasteiger partial charge in [-0.3, -0.25) is 4.79 Å². The van der Waals surface area contributed by atoms with Gasteiger partial charge >= 0.3 is 6.61 Å². The number of likely N-dealkylation sites (N-methyl/N-ethyl adjacent to an activating group) is 2. The number of nitrogens with two attached hydrogens (primary N) is 1. The zero-order valence-electron chi connectivity index (χ0n) is 21.4. The number of alkyl halides is 2. The maximum Gasteiger partial charge on any atom is 0.387 e. The second kappa shape index (κ2) is 12.8. The summed E-state index contributed by atoms with van der Waals surface area (Å²) in [7, 11) is 5.44. The summed E-state index contributed by atoms with van der Waals surface area (Å²) >= 11 is 0. The van der Waals surface area contributed by atoms with Gasteiger partial charge in [0.25, 0.3) is 0 Å².